The van der Waals surface area contributed by atoms with Gasteiger partial charge in [-0.1, -0.05) is 12.8 Å². The number of carbonyl (C=O) groups excluding carboxylic acids is 1. The van der Waals surface area contributed by atoms with Gasteiger partial charge in [0.15, 0.2) is 22.8 Å². The summed E-state index contributed by atoms with van der Waals surface area (Å²) in [5, 5.41) is 7.35. The van der Waals surface area contributed by atoms with Crippen LogP contribution in [0.1, 0.15) is 75.8 Å². The highest BCUT2D eigenvalue weighted by Crippen LogP contribution is 2.34. The average Bonchev–Trinajstić information content (AvgIpc) is 3.70. The summed E-state index contributed by atoms with van der Waals surface area (Å²) in [4.78, 5) is 30.0. The number of likely N-dealkylation sites (tertiary alicyclic amines) is 1. The van der Waals surface area contributed by atoms with Crippen LogP contribution in [-0.2, 0) is 11.2 Å². The van der Waals surface area contributed by atoms with Crippen molar-refractivity contribution in [3.05, 3.63) is 30.1 Å². The monoisotopic (exact) mass is 590 g/mol. The van der Waals surface area contributed by atoms with Gasteiger partial charge in [-0.05, 0) is 69.6 Å². The molecule has 3 aliphatic rings. The molecule has 2 aromatic heterocycles. The summed E-state index contributed by atoms with van der Waals surface area (Å²) in [5.74, 6) is 3.09. The normalized spacial score (nSPS) is 22.1. The van der Waals surface area contributed by atoms with Gasteiger partial charge in [0.25, 0.3) is 0 Å². The van der Waals surface area contributed by atoms with Crippen molar-refractivity contribution < 1.29 is 14.3 Å². The Morgan fingerprint density at radius 1 is 0.953 bits per heavy atom. The lowest BCUT2D eigenvalue weighted by Gasteiger charge is -2.32. The Balaban J connectivity index is 1.11. The van der Waals surface area contributed by atoms with Gasteiger partial charge in [0.2, 0.25) is 5.95 Å². The van der Waals surface area contributed by atoms with Crippen LogP contribution in [0.15, 0.2) is 24.5 Å². The van der Waals surface area contributed by atoms with E-state index >= 15 is 0 Å². The summed E-state index contributed by atoms with van der Waals surface area (Å²) < 4.78 is 13.1. The molecule has 4 N–H and O–H groups in total. The van der Waals surface area contributed by atoms with E-state index in [0.29, 0.717) is 42.8 Å². The Bertz CT molecular complexity index is 1390. The fraction of sp³-hybridized carbons (Fsp3) is 0.625. The predicted octanol–water partition coefficient (Wildman–Crippen LogP) is 4.33. The smallest absolute Gasteiger partial charge is 0.227 e. The fourth-order valence-corrected chi connectivity index (χ4v) is 6.94. The molecule has 2 saturated carbocycles. The van der Waals surface area contributed by atoms with Gasteiger partial charge in [-0.3, -0.25) is 9.69 Å². The molecule has 3 heterocycles. The number of aromatic nitrogens is 4. The largest absolute Gasteiger partial charge is 0.497 e. The number of carbonyl (C=O) groups is 1. The molecule has 3 aromatic rings. The molecule has 2 aliphatic carbocycles. The Morgan fingerprint density at radius 2 is 1.70 bits per heavy atom. The highest BCUT2D eigenvalue weighted by molar-refractivity contribution is 5.85. The number of piperidine rings is 1. The Labute approximate surface area is 253 Å². The average molecular weight is 591 g/mol. The van der Waals surface area contributed by atoms with Crippen molar-refractivity contribution in [2.24, 2.45) is 5.73 Å². The molecule has 1 aliphatic heterocycles. The third kappa shape index (κ3) is 7.04. The van der Waals surface area contributed by atoms with Gasteiger partial charge in [-0.2, -0.15) is 9.97 Å². The van der Waals surface area contributed by atoms with Crippen LogP contribution in [0, 0.1) is 0 Å². The number of hydrogen-bond donors (Lipinski definition) is 3. The first-order valence-electron chi connectivity index (χ1n) is 16.0. The molecule has 6 rings (SSSR count). The summed E-state index contributed by atoms with van der Waals surface area (Å²) in [6.45, 7) is 2.11. The van der Waals surface area contributed by atoms with Crippen LogP contribution in [-0.4, -0.2) is 82.2 Å². The maximum atomic E-state index is 13.0. The molecule has 0 bridgehead atoms. The van der Waals surface area contributed by atoms with Crippen molar-refractivity contribution in [1.82, 2.24) is 24.4 Å². The second-order valence-corrected chi connectivity index (χ2v) is 12.5. The van der Waals surface area contributed by atoms with Crippen molar-refractivity contribution in [2.75, 3.05) is 44.5 Å². The minimum Gasteiger partial charge on any atom is -0.497 e. The van der Waals surface area contributed by atoms with Gasteiger partial charge in [0.05, 0.1) is 27.1 Å². The number of hydrogen-bond acceptors (Lipinski definition) is 10. The lowest BCUT2D eigenvalue weighted by molar-refractivity contribution is -0.119. The van der Waals surface area contributed by atoms with Gasteiger partial charge < -0.3 is 30.4 Å². The Hall–Kier alpha value is -3.44. The molecule has 43 heavy (non-hydrogen) atoms. The quantitative estimate of drug-likeness (QED) is 0.296. The number of nitrogens with two attached hydrogens (primary N) is 1. The molecule has 232 valence electrons. The summed E-state index contributed by atoms with van der Waals surface area (Å²) >= 11 is 0. The van der Waals surface area contributed by atoms with E-state index in [9.17, 15) is 4.79 Å². The highest BCUT2D eigenvalue weighted by Gasteiger charge is 2.26. The molecule has 11 heteroatoms. The predicted molar refractivity (Wildman–Crippen MR) is 168 cm³/mol. The van der Waals surface area contributed by atoms with E-state index in [2.05, 4.69) is 20.1 Å². The zero-order chi connectivity index (χ0) is 29.8. The van der Waals surface area contributed by atoms with Crippen LogP contribution in [0.2, 0.25) is 0 Å². The van der Waals surface area contributed by atoms with E-state index in [4.69, 9.17) is 30.2 Å². The Kier molecular flexibility index (Phi) is 9.28. The number of ketones is 1. The number of nitrogens with one attached hydrogen (secondary N) is 2. The van der Waals surface area contributed by atoms with E-state index in [1.54, 1.807) is 14.2 Å². The van der Waals surface area contributed by atoms with E-state index in [0.717, 1.165) is 79.9 Å². The molecule has 0 atom stereocenters. The molecule has 0 spiro atoms. The molecule has 0 unspecified atom stereocenters. The third-order valence-corrected chi connectivity index (χ3v) is 9.45. The molecular weight excluding hydrogens is 544 g/mol. The lowest BCUT2D eigenvalue weighted by Crippen LogP contribution is -2.42. The van der Waals surface area contributed by atoms with Gasteiger partial charge in [-0.25, -0.2) is 4.98 Å². The van der Waals surface area contributed by atoms with Gasteiger partial charge >= 0.3 is 0 Å². The van der Waals surface area contributed by atoms with Gasteiger partial charge in [0.1, 0.15) is 11.5 Å². The van der Waals surface area contributed by atoms with E-state index in [-0.39, 0.29) is 11.8 Å². The van der Waals surface area contributed by atoms with Crippen LogP contribution >= 0.6 is 0 Å². The fourth-order valence-electron chi connectivity index (χ4n) is 6.94. The van der Waals surface area contributed by atoms with Crippen LogP contribution in [0.4, 0.5) is 11.8 Å². The minimum absolute atomic E-state index is 0.173. The molecule has 11 nitrogen and oxygen atoms in total. The number of nitrogens with zero attached hydrogens (tertiary/aromatic N) is 5. The van der Waals surface area contributed by atoms with E-state index in [1.165, 1.54) is 25.7 Å². The van der Waals surface area contributed by atoms with Crippen molar-refractivity contribution in [1.29, 1.82) is 0 Å². The number of ether oxygens (including phenoxy) is 2. The van der Waals surface area contributed by atoms with Crippen molar-refractivity contribution in [3.63, 3.8) is 0 Å². The first-order chi connectivity index (χ1) is 21.0. The van der Waals surface area contributed by atoms with Crippen LogP contribution in [0.5, 0.6) is 11.5 Å². The number of fused-ring (bicyclic) bond motifs is 1. The summed E-state index contributed by atoms with van der Waals surface area (Å²) in [6.07, 6.45) is 13.1. The second-order valence-electron chi connectivity index (χ2n) is 12.5. The topological polar surface area (TPSA) is 132 Å². The SMILES string of the molecule is COc1ccc(OC)c(CC(=O)CN2CCC(Nc3nc(NC4CCC(N)CC4)nc4c3ncn4C3CCCC3)CC2)c1. The number of anilines is 2. The Morgan fingerprint density at radius 3 is 2.42 bits per heavy atom. The van der Waals surface area contributed by atoms with Crippen LogP contribution in [0.3, 0.4) is 0 Å². The summed E-state index contributed by atoms with van der Waals surface area (Å²) in [5.41, 5.74) is 8.76. The minimum atomic E-state index is 0.173. The van der Waals surface area contributed by atoms with Crippen LogP contribution < -0.4 is 25.8 Å². The maximum absolute atomic E-state index is 13.0. The zero-order valence-electron chi connectivity index (χ0n) is 25.6. The van der Waals surface area contributed by atoms with Crippen molar-refractivity contribution in [2.45, 2.75) is 94.8 Å². The molecule has 0 amide bonds. The molecule has 0 radical (unpaired) electrons. The number of benzene rings is 1. The highest BCUT2D eigenvalue weighted by atomic mass is 16.5. The number of imidazole rings is 1. The van der Waals surface area contributed by atoms with Gasteiger partial charge in [-0.15, -0.1) is 0 Å². The molecule has 1 saturated heterocycles. The lowest BCUT2D eigenvalue weighted by atomic mass is 9.92. The molecule has 3 fully saturated rings. The molecule has 1 aromatic carbocycles. The van der Waals surface area contributed by atoms with Crippen LogP contribution in [0.25, 0.3) is 11.2 Å². The van der Waals surface area contributed by atoms with E-state index < -0.39 is 0 Å². The number of Topliss-reactive ketones (excluding diaryl/α,β-unsaturated/α-hetero) is 1. The number of methoxy groups -OCH3 is 2. The van der Waals surface area contributed by atoms with Crippen molar-refractivity contribution in [3.8, 4) is 11.5 Å². The third-order valence-electron chi connectivity index (χ3n) is 9.45. The number of rotatable bonds is 11. The first kappa shape index (κ1) is 29.6. The van der Waals surface area contributed by atoms with Gasteiger partial charge in [0, 0.05) is 49.2 Å². The van der Waals surface area contributed by atoms with Crippen molar-refractivity contribution >= 4 is 28.7 Å². The first-order valence-corrected chi connectivity index (χ1v) is 16.0. The zero-order valence-corrected chi connectivity index (χ0v) is 25.6. The maximum Gasteiger partial charge on any atom is 0.227 e. The standard InChI is InChI=1S/C32H46N8O3/c1-42-27-11-12-28(43-2)21(18-27)17-26(41)19-39-15-13-24(14-16-39)35-30-29-31(40(20-34-29)25-5-3-4-6-25)38-32(37-30)36-23-9-7-22(33)8-10-23/h11-12,18,20,22-25H,3-10,13-17,19,33H2,1-2H3,(H2,35,36,37,38). The summed E-state index contributed by atoms with van der Waals surface area (Å²) in [6, 6.07) is 6.92. The molecular formula is C32H46N8O3. The second kappa shape index (κ2) is 13.5. The summed E-state index contributed by atoms with van der Waals surface area (Å²) in [7, 11) is 3.26. The van der Waals surface area contributed by atoms with E-state index in [1.807, 2.05) is 24.5 Å².